The Labute approximate surface area is 194 Å². The number of para-hydroxylation sites is 1. The van der Waals surface area contributed by atoms with Gasteiger partial charge in [0.25, 0.3) is 0 Å². The third-order valence-electron chi connectivity index (χ3n) is 6.96. The maximum absolute atomic E-state index is 13.8. The molecule has 7 heteroatoms. The van der Waals surface area contributed by atoms with Gasteiger partial charge in [-0.05, 0) is 36.0 Å². The summed E-state index contributed by atoms with van der Waals surface area (Å²) in [6.07, 6.45) is 1.80. The zero-order chi connectivity index (χ0) is 22.8. The van der Waals surface area contributed by atoms with Crippen LogP contribution in [0.25, 0.3) is 0 Å². The first-order chi connectivity index (χ1) is 16.2. The van der Waals surface area contributed by atoms with Crippen LogP contribution in [0.1, 0.15) is 41.7 Å². The third-order valence-corrected chi connectivity index (χ3v) is 6.96. The molecule has 174 valence electrons. The Kier molecular flexibility index (Phi) is 6.33. The second-order valence-electron chi connectivity index (χ2n) is 9.00. The fourth-order valence-electron chi connectivity index (χ4n) is 5.24. The first kappa shape index (κ1) is 21.9. The Hall–Kier alpha value is -2.90. The van der Waals surface area contributed by atoms with E-state index in [9.17, 15) is 9.59 Å². The lowest BCUT2D eigenvalue weighted by atomic mass is 9.89. The first-order valence-corrected chi connectivity index (χ1v) is 11.7. The maximum Gasteiger partial charge on any atom is 0.247 e. The molecule has 0 aromatic heterocycles. The van der Waals surface area contributed by atoms with Gasteiger partial charge < -0.3 is 24.4 Å². The van der Waals surface area contributed by atoms with E-state index in [1.165, 1.54) is 0 Å². The van der Waals surface area contributed by atoms with Crippen LogP contribution in [0.15, 0.2) is 48.5 Å². The molecule has 5 rings (SSSR count). The summed E-state index contributed by atoms with van der Waals surface area (Å²) < 4.78 is 17.2. The number of carbonyl (C=O) groups excluding carboxylic acids is 2. The van der Waals surface area contributed by atoms with Crippen LogP contribution in [0.5, 0.6) is 5.75 Å². The van der Waals surface area contributed by atoms with E-state index in [1.54, 1.807) is 12.0 Å². The number of hydrogen-bond acceptors (Lipinski definition) is 5. The van der Waals surface area contributed by atoms with E-state index in [2.05, 4.69) is 5.32 Å². The predicted octanol–water partition coefficient (Wildman–Crippen LogP) is 2.80. The lowest BCUT2D eigenvalue weighted by Gasteiger charge is -2.40. The lowest BCUT2D eigenvalue weighted by molar-refractivity contribution is -0.143. The highest BCUT2D eigenvalue weighted by Crippen LogP contribution is 2.36. The fourth-order valence-corrected chi connectivity index (χ4v) is 5.24. The summed E-state index contributed by atoms with van der Waals surface area (Å²) in [6, 6.07) is 14.4. The van der Waals surface area contributed by atoms with Crippen LogP contribution in [0, 0.1) is 5.92 Å². The Balaban J connectivity index is 1.41. The zero-order valence-electron chi connectivity index (χ0n) is 18.9. The summed E-state index contributed by atoms with van der Waals surface area (Å²) in [7, 11) is 1.64. The quantitative estimate of drug-likeness (QED) is 0.758. The summed E-state index contributed by atoms with van der Waals surface area (Å²) in [4.78, 5) is 28.7. The number of rotatable bonds is 5. The molecule has 2 aromatic rings. The van der Waals surface area contributed by atoms with Gasteiger partial charge in [-0.3, -0.25) is 9.59 Å². The largest absolute Gasteiger partial charge is 0.491 e. The van der Waals surface area contributed by atoms with Crippen molar-refractivity contribution in [1.29, 1.82) is 0 Å². The number of benzene rings is 2. The summed E-state index contributed by atoms with van der Waals surface area (Å²) >= 11 is 0. The molecule has 0 saturated carbocycles. The van der Waals surface area contributed by atoms with Crippen molar-refractivity contribution in [3.05, 3.63) is 65.2 Å². The number of ether oxygens (including phenoxy) is 3. The number of methoxy groups -OCH3 is 1. The molecule has 1 saturated heterocycles. The number of hydrogen-bond donors (Lipinski definition) is 1. The second-order valence-corrected chi connectivity index (χ2v) is 9.00. The standard InChI is InChI=1S/C26H30N2O5/c1-31-25-20-8-4-5-9-22(20)33-16-21(25)27-26(30)24-19-7-3-2-6-18(19)14-23(29)28(24)15-17-10-12-32-13-11-17/h2-9,17,21,24-25H,10-16H2,1H3,(H,27,30). The second kappa shape index (κ2) is 9.53. The van der Waals surface area contributed by atoms with Crippen LogP contribution < -0.4 is 10.1 Å². The van der Waals surface area contributed by atoms with Crippen LogP contribution in [0.2, 0.25) is 0 Å². The van der Waals surface area contributed by atoms with Crippen LogP contribution in [0.4, 0.5) is 0 Å². The van der Waals surface area contributed by atoms with E-state index in [4.69, 9.17) is 14.2 Å². The number of carbonyl (C=O) groups is 2. The van der Waals surface area contributed by atoms with Crippen molar-refractivity contribution in [1.82, 2.24) is 10.2 Å². The van der Waals surface area contributed by atoms with E-state index in [0.29, 0.717) is 38.7 Å². The van der Waals surface area contributed by atoms with Gasteiger partial charge in [0.15, 0.2) is 0 Å². The topological polar surface area (TPSA) is 77.1 Å². The van der Waals surface area contributed by atoms with Crippen molar-refractivity contribution < 1.29 is 23.8 Å². The minimum atomic E-state index is -0.667. The lowest BCUT2D eigenvalue weighted by Crippen LogP contribution is -2.53. The van der Waals surface area contributed by atoms with Gasteiger partial charge in [-0.15, -0.1) is 0 Å². The van der Waals surface area contributed by atoms with Gasteiger partial charge in [-0.25, -0.2) is 0 Å². The van der Waals surface area contributed by atoms with E-state index < -0.39 is 6.04 Å². The van der Waals surface area contributed by atoms with Crippen LogP contribution in [-0.2, 0) is 25.5 Å². The molecule has 3 aliphatic heterocycles. The fraction of sp³-hybridized carbons (Fsp3) is 0.462. The highest BCUT2D eigenvalue weighted by molar-refractivity contribution is 5.92. The summed E-state index contributed by atoms with van der Waals surface area (Å²) in [5, 5.41) is 3.15. The van der Waals surface area contributed by atoms with Gasteiger partial charge in [0, 0.05) is 32.4 Å². The number of fused-ring (bicyclic) bond motifs is 2. The van der Waals surface area contributed by atoms with E-state index in [0.717, 1.165) is 35.3 Å². The third kappa shape index (κ3) is 4.35. The maximum atomic E-state index is 13.8. The summed E-state index contributed by atoms with van der Waals surface area (Å²) in [6.45, 7) is 2.28. The molecule has 3 atom stereocenters. The molecule has 7 nitrogen and oxygen atoms in total. The molecule has 2 amide bonds. The van der Waals surface area contributed by atoms with Crippen molar-refractivity contribution in [3.63, 3.8) is 0 Å². The molecule has 1 N–H and O–H groups in total. The molecule has 3 heterocycles. The average Bonchev–Trinajstić information content (AvgIpc) is 2.85. The van der Waals surface area contributed by atoms with E-state index in [1.807, 2.05) is 48.5 Å². The molecule has 3 aliphatic rings. The smallest absolute Gasteiger partial charge is 0.247 e. The van der Waals surface area contributed by atoms with E-state index in [-0.39, 0.29) is 24.0 Å². The summed E-state index contributed by atoms with van der Waals surface area (Å²) in [5.74, 6) is 0.903. The Morgan fingerprint density at radius 1 is 1.09 bits per heavy atom. The SMILES string of the molecule is COC1c2ccccc2OCC1NC(=O)C1c2ccccc2CC(=O)N1CC1CCOCC1. The predicted molar refractivity (Wildman–Crippen MR) is 122 cm³/mol. The molecule has 3 unspecified atom stereocenters. The average molecular weight is 451 g/mol. The highest BCUT2D eigenvalue weighted by atomic mass is 16.5. The first-order valence-electron chi connectivity index (χ1n) is 11.7. The van der Waals surface area contributed by atoms with Gasteiger partial charge in [0.05, 0.1) is 12.5 Å². The highest BCUT2D eigenvalue weighted by Gasteiger charge is 2.41. The van der Waals surface area contributed by atoms with Crippen LogP contribution in [0.3, 0.4) is 0 Å². The summed E-state index contributed by atoms with van der Waals surface area (Å²) in [5.41, 5.74) is 2.72. The molecule has 33 heavy (non-hydrogen) atoms. The van der Waals surface area contributed by atoms with Gasteiger partial charge in [0.1, 0.15) is 24.5 Å². The van der Waals surface area contributed by atoms with Gasteiger partial charge in [-0.2, -0.15) is 0 Å². The molecule has 0 aliphatic carbocycles. The monoisotopic (exact) mass is 450 g/mol. The number of nitrogens with zero attached hydrogens (tertiary/aromatic N) is 1. The number of nitrogens with one attached hydrogen (secondary N) is 1. The van der Waals surface area contributed by atoms with Gasteiger partial charge >= 0.3 is 0 Å². The Morgan fingerprint density at radius 2 is 1.82 bits per heavy atom. The Morgan fingerprint density at radius 3 is 2.61 bits per heavy atom. The van der Waals surface area contributed by atoms with Crippen molar-refractivity contribution in [3.8, 4) is 5.75 Å². The molecule has 1 fully saturated rings. The van der Waals surface area contributed by atoms with E-state index >= 15 is 0 Å². The van der Waals surface area contributed by atoms with Crippen LogP contribution >= 0.6 is 0 Å². The molecular weight excluding hydrogens is 420 g/mol. The van der Waals surface area contributed by atoms with Crippen LogP contribution in [-0.4, -0.2) is 56.2 Å². The van der Waals surface area contributed by atoms with Crippen molar-refractivity contribution in [2.24, 2.45) is 5.92 Å². The minimum absolute atomic E-state index is 0.00567. The van der Waals surface area contributed by atoms with Gasteiger partial charge in [-0.1, -0.05) is 42.5 Å². The van der Waals surface area contributed by atoms with Gasteiger partial charge in [0.2, 0.25) is 11.8 Å². The minimum Gasteiger partial charge on any atom is -0.491 e. The molecule has 0 radical (unpaired) electrons. The zero-order valence-corrected chi connectivity index (χ0v) is 18.9. The normalized spacial score (nSPS) is 25.1. The molecule has 2 aromatic carbocycles. The molecular formula is C26H30N2O5. The molecule has 0 bridgehead atoms. The molecule has 0 spiro atoms. The van der Waals surface area contributed by atoms with Crippen molar-refractivity contribution >= 4 is 11.8 Å². The Bertz CT molecular complexity index is 1020. The van der Waals surface area contributed by atoms with Crippen molar-refractivity contribution in [2.45, 2.75) is 37.5 Å². The van der Waals surface area contributed by atoms with Crippen molar-refractivity contribution in [2.75, 3.05) is 33.5 Å². The number of amides is 2.